The number of piperidine rings is 1. The van der Waals surface area contributed by atoms with Crippen molar-refractivity contribution in [3.63, 3.8) is 0 Å². The van der Waals surface area contributed by atoms with Crippen LogP contribution >= 0.6 is 15.9 Å². The molecule has 2 atom stereocenters. The van der Waals surface area contributed by atoms with E-state index in [4.69, 9.17) is 16.0 Å². The summed E-state index contributed by atoms with van der Waals surface area (Å²) < 4.78 is 16.6. The smallest absolute Gasteiger partial charge is 0.207 e. The molecule has 1 aliphatic heterocycles. The Labute approximate surface area is 163 Å². The van der Waals surface area contributed by atoms with E-state index in [0.717, 1.165) is 9.99 Å². The largest absolute Gasteiger partial charge is 0.340 e. The molecule has 2 N–H and O–H groups in total. The third-order valence-electron chi connectivity index (χ3n) is 4.68. The number of imidazole rings is 1. The van der Waals surface area contributed by atoms with Crippen molar-refractivity contribution < 1.29 is 4.39 Å². The van der Waals surface area contributed by atoms with Crippen LogP contribution in [0.25, 0.3) is 11.0 Å². The SMILES string of the molecule is N#Cc1ccc2c(c1)nc(N1CC[C@@H](F)[C@H](N)C1)n2Cc1ncc(Br)cn1. The summed E-state index contributed by atoms with van der Waals surface area (Å²) in [5.41, 5.74) is 8.05. The van der Waals surface area contributed by atoms with Crippen LogP contribution in [-0.2, 0) is 6.54 Å². The Kier molecular flexibility index (Phi) is 4.76. The van der Waals surface area contributed by atoms with E-state index in [-0.39, 0.29) is 0 Å². The number of benzene rings is 1. The summed E-state index contributed by atoms with van der Waals surface area (Å²) in [6.07, 6.45) is 2.75. The molecule has 3 heterocycles. The van der Waals surface area contributed by atoms with Gasteiger partial charge in [0, 0.05) is 25.5 Å². The minimum absolute atomic E-state index is 0.364. The molecule has 0 aliphatic carbocycles. The Hall–Kier alpha value is -2.57. The maximum Gasteiger partial charge on any atom is 0.207 e. The standard InChI is InChI=1S/C18H17BrFN7/c19-12-7-23-17(24-8-12)10-27-16-2-1-11(6-21)5-15(16)25-18(27)26-4-3-13(20)14(22)9-26/h1-2,5,7-8,13-14H,3-4,9-10,22H2/t13-,14-/m1/s1. The summed E-state index contributed by atoms with van der Waals surface area (Å²) in [5, 5.41) is 9.17. The lowest BCUT2D eigenvalue weighted by atomic mass is 10.1. The molecule has 4 rings (SSSR count). The van der Waals surface area contributed by atoms with Crippen LogP contribution in [0.5, 0.6) is 0 Å². The molecule has 1 saturated heterocycles. The van der Waals surface area contributed by atoms with E-state index >= 15 is 0 Å². The number of nitriles is 1. The molecule has 0 spiro atoms. The Balaban J connectivity index is 1.78. The number of nitrogens with zero attached hydrogens (tertiary/aromatic N) is 6. The van der Waals surface area contributed by atoms with Gasteiger partial charge in [-0.2, -0.15) is 5.26 Å². The molecule has 7 nitrogen and oxygen atoms in total. The van der Waals surface area contributed by atoms with Crippen LogP contribution in [0, 0.1) is 11.3 Å². The number of nitrogens with two attached hydrogens (primary N) is 1. The van der Waals surface area contributed by atoms with Crippen LogP contribution < -0.4 is 10.6 Å². The van der Waals surface area contributed by atoms with Crippen LogP contribution in [0.1, 0.15) is 17.8 Å². The lowest BCUT2D eigenvalue weighted by Crippen LogP contribution is -2.50. The number of aromatic nitrogens is 4. The number of rotatable bonds is 3. The highest BCUT2D eigenvalue weighted by atomic mass is 79.9. The van der Waals surface area contributed by atoms with Crippen molar-refractivity contribution in [1.29, 1.82) is 5.26 Å². The van der Waals surface area contributed by atoms with Gasteiger partial charge in [0.2, 0.25) is 5.95 Å². The Morgan fingerprint density at radius 3 is 2.81 bits per heavy atom. The van der Waals surface area contributed by atoms with Crippen LogP contribution in [0.4, 0.5) is 10.3 Å². The Morgan fingerprint density at radius 1 is 1.33 bits per heavy atom. The van der Waals surface area contributed by atoms with Gasteiger partial charge >= 0.3 is 0 Å². The summed E-state index contributed by atoms with van der Waals surface area (Å²) in [6, 6.07) is 6.96. The third-order valence-corrected chi connectivity index (χ3v) is 5.09. The van der Waals surface area contributed by atoms with Gasteiger partial charge in [-0.25, -0.2) is 19.3 Å². The molecule has 1 aliphatic rings. The predicted octanol–water partition coefficient (Wildman–Crippen LogP) is 2.38. The average Bonchev–Trinajstić information content (AvgIpc) is 3.03. The van der Waals surface area contributed by atoms with Gasteiger partial charge in [0.25, 0.3) is 0 Å². The zero-order valence-electron chi connectivity index (χ0n) is 14.4. The molecule has 9 heteroatoms. The molecule has 3 aromatic rings. The Bertz CT molecular complexity index is 1010. The number of halogens is 2. The van der Waals surface area contributed by atoms with Crippen molar-refractivity contribution in [3.05, 3.63) is 46.5 Å². The van der Waals surface area contributed by atoms with E-state index in [1.54, 1.807) is 24.5 Å². The van der Waals surface area contributed by atoms with Gasteiger partial charge in [0.15, 0.2) is 0 Å². The van der Waals surface area contributed by atoms with Crippen molar-refractivity contribution in [1.82, 2.24) is 19.5 Å². The molecule has 138 valence electrons. The van der Waals surface area contributed by atoms with E-state index in [9.17, 15) is 4.39 Å². The minimum atomic E-state index is -1.00. The van der Waals surface area contributed by atoms with Gasteiger partial charge in [-0.05, 0) is 40.5 Å². The second-order valence-electron chi connectivity index (χ2n) is 6.55. The second-order valence-corrected chi connectivity index (χ2v) is 7.46. The first-order chi connectivity index (χ1) is 13.0. The zero-order chi connectivity index (χ0) is 19.0. The van der Waals surface area contributed by atoms with Crippen molar-refractivity contribution in [2.45, 2.75) is 25.2 Å². The van der Waals surface area contributed by atoms with Gasteiger partial charge in [-0.15, -0.1) is 0 Å². The fourth-order valence-corrected chi connectivity index (χ4v) is 3.49. The normalized spacial score (nSPS) is 20.0. The maximum absolute atomic E-state index is 13.8. The first-order valence-electron chi connectivity index (χ1n) is 8.56. The molecular weight excluding hydrogens is 413 g/mol. The number of alkyl halides is 1. The predicted molar refractivity (Wildman–Crippen MR) is 103 cm³/mol. The lowest BCUT2D eigenvalue weighted by Gasteiger charge is -2.34. The number of anilines is 1. The molecule has 0 amide bonds. The maximum atomic E-state index is 13.8. The highest BCUT2D eigenvalue weighted by molar-refractivity contribution is 9.10. The van der Waals surface area contributed by atoms with Gasteiger partial charge in [-0.3, -0.25) is 0 Å². The fraction of sp³-hybridized carbons (Fsp3) is 0.333. The summed E-state index contributed by atoms with van der Waals surface area (Å²) in [7, 11) is 0. The van der Waals surface area contributed by atoms with Crippen LogP contribution in [0.15, 0.2) is 35.1 Å². The molecule has 0 radical (unpaired) electrons. The average molecular weight is 430 g/mol. The van der Waals surface area contributed by atoms with Crippen LogP contribution in [-0.4, -0.2) is 44.8 Å². The van der Waals surface area contributed by atoms with Gasteiger partial charge in [0.05, 0.1) is 39.7 Å². The number of hydrogen-bond acceptors (Lipinski definition) is 6. The summed E-state index contributed by atoms with van der Waals surface area (Å²) in [4.78, 5) is 15.4. The Morgan fingerprint density at radius 2 is 2.11 bits per heavy atom. The highest BCUT2D eigenvalue weighted by Crippen LogP contribution is 2.27. The number of fused-ring (bicyclic) bond motifs is 1. The zero-order valence-corrected chi connectivity index (χ0v) is 16.0. The van der Waals surface area contributed by atoms with Crippen molar-refractivity contribution in [2.75, 3.05) is 18.0 Å². The highest BCUT2D eigenvalue weighted by Gasteiger charge is 2.29. The summed E-state index contributed by atoms with van der Waals surface area (Å²) >= 11 is 3.34. The van der Waals surface area contributed by atoms with E-state index in [1.807, 2.05) is 15.5 Å². The molecule has 0 bridgehead atoms. The quantitative estimate of drug-likeness (QED) is 0.686. The van der Waals surface area contributed by atoms with E-state index < -0.39 is 12.2 Å². The van der Waals surface area contributed by atoms with Gasteiger partial charge in [-0.1, -0.05) is 0 Å². The van der Waals surface area contributed by atoms with Crippen LogP contribution in [0.2, 0.25) is 0 Å². The summed E-state index contributed by atoms with van der Waals surface area (Å²) in [5.74, 6) is 1.32. The second kappa shape index (κ2) is 7.21. The van der Waals surface area contributed by atoms with Crippen molar-refractivity contribution in [3.8, 4) is 6.07 Å². The van der Waals surface area contributed by atoms with E-state index in [1.165, 1.54) is 0 Å². The first kappa shape index (κ1) is 17.8. The summed E-state index contributed by atoms with van der Waals surface area (Å²) in [6.45, 7) is 1.33. The molecule has 2 aromatic heterocycles. The number of hydrogen-bond donors (Lipinski definition) is 1. The van der Waals surface area contributed by atoms with Crippen molar-refractivity contribution in [2.24, 2.45) is 5.73 Å². The fourth-order valence-electron chi connectivity index (χ4n) is 3.28. The molecule has 27 heavy (non-hydrogen) atoms. The van der Waals surface area contributed by atoms with Gasteiger partial charge in [0.1, 0.15) is 12.0 Å². The lowest BCUT2D eigenvalue weighted by molar-refractivity contribution is 0.243. The van der Waals surface area contributed by atoms with E-state index in [0.29, 0.717) is 48.9 Å². The van der Waals surface area contributed by atoms with Gasteiger partial charge < -0.3 is 15.2 Å². The third kappa shape index (κ3) is 3.50. The van der Waals surface area contributed by atoms with Crippen LogP contribution in [0.3, 0.4) is 0 Å². The monoisotopic (exact) mass is 429 g/mol. The molecule has 0 unspecified atom stereocenters. The molecular formula is C18H17BrFN7. The first-order valence-corrected chi connectivity index (χ1v) is 9.36. The molecule has 1 aromatic carbocycles. The topological polar surface area (TPSA) is 96.7 Å². The van der Waals surface area contributed by atoms with Crippen molar-refractivity contribution >= 4 is 32.9 Å². The minimum Gasteiger partial charge on any atom is -0.340 e. The molecule has 0 saturated carbocycles. The molecule has 1 fully saturated rings. The van der Waals surface area contributed by atoms with E-state index in [2.05, 4.69) is 32.0 Å².